The third-order valence-corrected chi connectivity index (χ3v) is 3.83. The van der Waals surface area contributed by atoms with Crippen LogP contribution in [0.15, 0.2) is 30.6 Å². The Morgan fingerprint density at radius 2 is 2.10 bits per heavy atom. The molecule has 0 aliphatic carbocycles. The summed E-state index contributed by atoms with van der Waals surface area (Å²) in [5, 5.41) is 2.30. The molecule has 0 saturated carbocycles. The van der Waals surface area contributed by atoms with E-state index >= 15 is 0 Å². The van der Waals surface area contributed by atoms with Gasteiger partial charge in [-0.3, -0.25) is 4.98 Å². The molecule has 3 aromatic heterocycles. The van der Waals surface area contributed by atoms with E-state index in [1.807, 2.05) is 18.3 Å². The van der Waals surface area contributed by atoms with Gasteiger partial charge in [-0.25, -0.2) is 4.98 Å². The smallest absolute Gasteiger partial charge is 0.147 e. The Morgan fingerprint density at radius 1 is 1.25 bits per heavy atom. The van der Waals surface area contributed by atoms with E-state index in [2.05, 4.69) is 35.5 Å². The molecule has 0 aliphatic heterocycles. The lowest BCUT2D eigenvalue weighted by Crippen LogP contribution is -1.97. The van der Waals surface area contributed by atoms with E-state index in [-0.39, 0.29) is 0 Å². The van der Waals surface area contributed by atoms with Gasteiger partial charge in [0.25, 0.3) is 0 Å². The molecule has 20 heavy (non-hydrogen) atoms. The molecule has 4 aromatic rings. The summed E-state index contributed by atoms with van der Waals surface area (Å²) >= 11 is 0. The highest BCUT2D eigenvalue weighted by molar-refractivity contribution is 6.14. The van der Waals surface area contributed by atoms with Gasteiger partial charge in [-0.15, -0.1) is 0 Å². The van der Waals surface area contributed by atoms with Crippen molar-refractivity contribution in [1.82, 2.24) is 14.4 Å². The van der Waals surface area contributed by atoms with Crippen molar-refractivity contribution in [2.75, 3.05) is 7.11 Å². The molecule has 100 valence electrons. The molecule has 0 bridgehead atoms. The first-order chi connectivity index (χ1) is 9.70. The molecule has 4 nitrogen and oxygen atoms in total. The normalized spacial score (nSPS) is 12.2. The fourth-order valence-electron chi connectivity index (χ4n) is 2.93. The second-order valence-electron chi connectivity index (χ2n) is 5.38. The van der Waals surface area contributed by atoms with Crippen LogP contribution in [0.1, 0.15) is 25.6 Å². The number of methoxy groups -OCH3 is 1. The van der Waals surface area contributed by atoms with Crippen molar-refractivity contribution < 1.29 is 4.74 Å². The number of pyridine rings is 2. The Balaban J connectivity index is 2.33. The van der Waals surface area contributed by atoms with Gasteiger partial charge in [0.15, 0.2) is 0 Å². The van der Waals surface area contributed by atoms with Gasteiger partial charge in [-0.2, -0.15) is 0 Å². The molecular weight excluding hydrogens is 250 g/mol. The number of rotatable bonds is 2. The van der Waals surface area contributed by atoms with Crippen molar-refractivity contribution in [3.63, 3.8) is 0 Å². The summed E-state index contributed by atoms with van der Waals surface area (Å²) in [5.41, 5.74) is 3.02. The molecule has 0 atom stereocenters. The van der Waals surface area contributed by atoms with Crippen LogP contribution in [0.2, 0.25) is 0 Å². The number of hydrogen-bond donors (Lipinski definition) is 0. The summed E-state index contributed by atoms with van der Waals surface area (Å²) in [6, 6.07) is 6.12. The van der Waals surface area contributed by atoms with Crippen LogP contribution in [-0.2, 0) is 0 Å². The van der Waals surface area contributed by atoms with Gasteiger partial charge in [0, 0.05) is 23.7 Å². The first kappa shape index (κ1) is 11.5. The Kier molecular flexibility index (Phi) is 2.19. The predicted octanol–water partition coefficient (Wildman–Crippen LogP) is 3.61. The van der Waals surface area contributed by atoms with Crippen molar-refractivity contribution in [1.29, 1.82) is 0 Å². The van der Waals surface area contributed by atoms with Crippen molar-refractivity contribution in [2.24, 2.45) is 0 Å². The van der Waals surface area contributed by atoms with Crippen LogP contribution < -0.4 is 4.74 Å². The summed E-state index contributed by atoms with van der Waals surface area (Å²) in [6.45, 7) is 4.31. The summed E-state index contributed by atoms with van der Waals surface area (Å²) in [5.74, 6) is 2.22. The maximum absolute atomic E-state index is 5.53. The zero-order valence-corrected chi connectivity index (χ0v) is 11.7. The van der Waals surface area contributed by atoms with Crippen molar-refractivity contribution in [2.45, 2.75) is 19.8 Å². The van der Waals surface area contributed by atoms with Crippen molar-refractivity contribution in [3.05, 3.63) is 36.4 Å². The number of nitrogens with zero attached hydrogens (tertiary/aromatic N) is 3. The Morgan fingerprint density at radius 3 is 2.85 bits per heavy atom. The highest BCUT2D eigenvalue weighted by Crippen LogP contribution is 2.37. The van der Waals surface area contributed by atoms with E-state index in [1.165, 1.54) is 0 Å². The second kappa shape index (κ2) is 3.82. The monoisotopic (exact) mass is 265 g/mol. The molecular formula is C16H15N3O. The average Bonchev–Trinajstić information content (AvgIpc) is 2.85. The lowest BCUT2D eigenvalue weighted by atomic mass is 10.1. The highest BCUT2D eigenvalue weighted by Gasteiger charge is 2.19. The Bertz CT molecular complexity index is 923. The van der Waals surface area contributed by atoms with Crippen LogP contribution in [0.3, 0.4) is 0 Å². The van der Waals surface area contributed by atoms with Crippen LogP contribution in [-0.4, -0.2) is 21.5 Å². The zero-order chi connectivity index (χ0) is 13.9. The summed E-state index contributed by atoms with van der Waals surface area (Å²) in [4.78, 5) is 9.26. The summed E-state index contributed by atoms with van der Waals surface area (Å²) in [6.07, 6.45) is 3.89. The van der Waals surface area contributed by atoms with Crippen LogP contribution in [0.25, 0.3) is 27.3 Å². The van der Waals surface area contributed by atoms with E-state index in [1.54, 1.807) is 7.11 Å². The fourth-order valence-corrected chi connectivity index (χ4v) is 2.93. The minimum Gasteiger partial charge on any atom is -0.494 e. The first-order valence-electron chi connectivity index (χ1n) is 6.76. The fraction of sp³-hybridized carbons (Fsp3) is 0.250. The largest absolute Gasteiger partial charge is 0.494 e. The van der Waals surface area contributed by atoms with Gasteiger partial charge in [0.05, 0.1) is 18.1 Å². The van der Waals surface area contributed by atoms with Crippen molar-refractivity contribution >= 4 is 27.3 Å². The minimum atomic E-state index is 0.352. The number of imidazole rings is 1. The molecule has 3 heterocycles. The Labute approximate surface area is 116 Å². The maximum Gasteiger partial charge on any atom is 0.147 e. The lowest BCUT2D eigenvalue weighted by Gasteiger charge is -2.09. The molecule has 0 aliphatic rings. The number of benzene rings is 1. The van der Waals surface area contributed by atoms with E-state index in [4.69, 9.17) is 9.72 Å². The Hall–Kier alpha value is -2.36. The summed E-state index contributed by atoms with van der Waals surface area (Å²) in [7, 11) is 1.69. The zero-order valence-electron chi connectivity index (χ0n) is 11.7. The molecule has 0 radical (unpaired) electrons. The number of aromatic nitrogens is 3. The molecule has 0 unspecified atom stereocenters. The van der Waals surface area contributed by atoms with Crippen LogP contribution in [0.4, 0.5) is 0 Å². The van der Waals surface area contributed by atoms with Crippen LogP contribution in [0.5, 0.6) is 5.75 Å². The van der Waals surface area contributed by atoms with E-state index in [0.29, 0.717) is 5.92 Å². The molecule has 1 aromatic carbocycles. The van der Waals surface area contributed by atoms with Crippen molar-refractivity contribution in [3.8, 4) is 5.75 Å². The standard InChI is InChI=1S/C16H15N3O/c1-9(2)16-18-14-12(20-3)8-10-4-6-17-11-5-7-19(16)15(14)13(10)11/h4-9H,1-3H3. The highest BCUT2D eigenvalue weighted by atomic mass is 16.5. The average molecular weight is 265 g/mol. The molecule has 4 heteroatoms. The quantitative estimate of drug-likeness (QED) is 0.556. The minimum absolute atomic E-state index is 0.352. The SMILES string of the molecule is COc1cc2ccnc3ccn4c(C(C)C)nc1c4c23. The molecule has 0 fully saturated rings. The third kappa shape index (κ3) is 1.31. The summed E-state index contributed by atoms with van der Waals surface area (Å²) < 4.78 is 7.69. The van der Waals surface area contributed by atoms with E-state index in [0.717, 1.165) is 38.9 Å². The second-order valence-corrected chi connectivity index (χ2v) is 5.38. The van der Waals surface area contributed by atoms with Crippen LogP contribution >= 0.6 is 0 Å². The van der Waals surface area contributed by atoms with Gasteiger partial charge in [0.1, 0.15) is 17.1 Å². The number of hydrogen-bond acceptors (Lipinski definition) is 3. The molecule has 4 rings (SSSR count). The van der Waals surface area contributed by atoms with E-state index < -0.39 is 0 Å². The van der Waals surface area contributed by atoms with Gasteiger partial charge in [-0.05, 0) is 23.6 Å². The maximum atomic E-state index is 5.53. The molecule has 0 N–H and O–H groups in total. The van der Waals surface area contributed by atoms with Gasteiger partial charge in [-0.1, -0.05) is 13.8 Å². The predicted molar refractivity (Wildman–Crippen MR) is 79.8 cm³/mol. The van der Waals surface area contributed by atoms with Gasteiger partial charge in [0.2, 0.25) is 0 Å². The molecule has 0 saturated heterocycles. The number of ether oxygens (including phenoxy) is 1. The topological polar surface area (TPSA) is 39.4 Å². The van der Waals surface area contributed by atoms with E-state index in [9.17, 15) is 0 Å². The van der Waals surface area contributed by atoms with Crippen LogP contribution in [0, 0.1) is 0 Å². The third-order valence-electron chi connectivity index (χ3n) is 3.83. The molecule has 0 spiro atoms. The van der Waals surface area contributed by atoms with Gasteiger partial charge >= 0.3 is 0 Å². The van der Waals surface area contributed by atoms with Gasteiger partial charge < -0.3 is 9.14 Å². The first-order valence-corrected chi connectivity index (χ1v) is 6.76. The molecule has 0 amide bonds. The lowest BCUT2D eigenvalue weighted by molar-refractivity contribution is 0.419.